The van der Waals surface area contributed by atoms with Crippen LogP contribution < -0.4 is 5.32 Å². The van der Waals surface area contributed by atoms with Crippen molar-refractivity contribution >= 4 is 23.3 Å². The summed E-state index contributed by atoms with van der Waals surface area (Å²) in [5.41, 5.74) is 0.312. The number of non-ortho nitro benzene ring substituents is 1. The van der Waals surface area contributed by atoms with E-state index < -0.39 is 34.7 Å². The van der Waals surface area contributed by atoms with Crippen LogP contribution >= 0.6 is 0 Å². The Morgan fingerprint density at radius 1 is 1.18 bits per heavy atom. The second-order valence-corrected chi connectivity index (χ2v) is 5.47. The van der Waals surface area contributed by atoms with Crippen LogP contribution in [0.3, 0.4) is 0 Å². The maximum atomic E-state index is 12.3. The molecule has 0 spiro atoms. The lowest BCUT2D eigenvalue weighted by molar-refractivity contribution is -0.384. The van der Waals surface area contributed by atoms with E-state index in [1.807, 2.05) is 0 Å². The quantitative estimate of drug-likeness (QED) is 0.641. The van der Waals surface area contributed by atoms with Crippen LogP contribution in [0.2, 0.25) is 0 Å². The summed E-state index contributed by atoms with van der Waals surface area (Å²) in [7, 11) is 0. The minimum Gasteiger partial charge on any atom is -0.481 e. The van der Waals surface area contributed by atoms with E-state index in [0.717, 1.165) is 0 Å². The standard InChI is InChI=1S/C14H14N2O6/c17-13(15-7-1-3-8(4-2-7)16(20)21)11-9-5-6-10(22-9)12(11)14(18)19/h1-4,9-12H,5-6H2,(H,15,17)(H,18,19)/t9-,10+,11?,12?/m1/s1. The Morgan fingerprint density at radius 3 is 2.32 bits per heavy atom. The van der Waals surface area contributed by atoms with Crippen LogP contribution in [0.15, 0.2) is 24.3 Å². The maximum Gasteiger partial charge on any atom is 0.310 e. The molecule has 0 aromatic heterocycles. The van der Waals surface area contributed by atoms with Crippen LogP contribution in [-0.4, -0.2) is 34.1 Å². The van der Waals surface area contributed by atoms with Gasteiger partial charge in [0.05, 0.1) is 29.0 Å². The monoisotopic (exact) mass is 306 g/mol. The number of hydrogen-bond acceptors (Lipinski definition) is 5. The number of aliphatic carboxylic acids is 1. The summed E-state index contributed by atoms with van der Waals surface area (Å²) >= 11 is 0. The number of carboxylic acids is 1. The van der Waals surface area contributed by atoms with E-state index in [4.69, 9.17) is 4.74 Å². The van der Waals surface area contributed by atoms with Crippen LogP contribution in [0.4, 0.5) is 11.4 Å². The summed E-state index contributed by atoms with van der Waals surface area (Å²) in [5.74, 6) is -3.02. The second kappa shape index (κ2) is 5.38. The molecule has 2 fully saturated rings. The Balaban J connectivity index is 1.73. The molecule has 1 aromatic carbocycles. The van der Waals surface area contributed by atoms with Gasteiger partial charge in [-0.2, -0.15) is 0 Å². The van der Waals surface area contributed by atoms with E-state index in [0.29, 0.717) is 18.5 Å². The third-order valence-electron chi connectivity index (χ3n) is 4.21. The average molecular weight is 306 g/mol. The van der Waals surface area contributed by atoms with Crippen molar-refractivity contribution in [1.82, 2.24) is 0 Å². The van der Waals surface area contributed by atoms with Crippen molar-refractivity contribution in [2.45, 2.75) is 25.0 Å². The SMILES string of the molecule is O=C(O)C1C(C(=O)Nc2ccc([N+](=O)[O-])cc2)[C@H]2CC[C@@H]1O2. The van der Waals surface area contributed by atoms with E-state index in [9.17, 15) is 24.8 Å². The first-order valence-corrected chi connectivity index (χ1v) is 6.91. The summed E-state index contributed by atoms with van der Waals surface area (Å²) in [6, 6.07) is 5.39. The second-order valence-electron chi connectivity index (χ2n) is 5.47. The number of amides is 1. The number of nitro benzene ring substituents is 1. The molecule has 2 aliphatic rings. The number of rotatable bonds is 4. The predicted molar refractivity (Wildman–Crippen MR) is 74.2 cm³/mol. The number of nitrogens with one attached hydrogen (secondary N) is 1. The van der Waals surface area contributed by atoms with Crippen LogP contribution in [0, 0.1) is 22.0 Å². The number of carboxylic acid groups (broad SMARTS) is 1. The zero-order valence-corrected chi connectivity index (χ0v) is 11.5. The van der Waals surface area contributed by atoms with Gasteiger partial charge in [-0.1, -0.05) is 0 Å². The molecule has 2 saturated heterocycles. The predicted octanol–water partition coefficient (Wildman–Crippen LogP) is 1.41. The van der Waals surface area contributed by atoms with Gasteiger partial charge in [-0.3, -0.25) is 19.7 Å². The molecule has 2 bridgehead atoms. The minimum absolute atomic E-state index is 0.0790. The Kier molecular flexibility index (Phi) is 3.53. The van der Waals surface area contributed by atoms with Gasteiger partial charge in [0.1, 0.15) is 0 Å². The highest BCUT2D eigenvalue weighted by Crippen LogP contribution is 2.44. The van der Waals surface area contributed by atoms with Gasteiger partial charge in [0.2, 0.25) is 5.91 Å². The lowest BCUT2D eigenvalue weighted by Crippen LogP contribution is -2.40. The number of nitro groups is 1. The van der Waals surface area contributed by atoms with Gasteiger partial charge in [-0.15, -0.1) is 0 Å². The Morgan fingerprint density at radius 2 is 1.77 bits per heavy atom. The van der Waals surface area contributed by atoms with E-state index in [-0.39, 0.29) is 11.8 Å². The van der Waals surface area contributed by atoms with Crippen molar-refractivity contribution in [1.29, 1.82) is 0 Å². The molecule has 2 heterocycles. The summed E-state index contributed by atoms with van der Waals surface area (Å²) < 4.78 is 5.54. The van der Waals surface area contributed by atoms with Gasteiger partial charge in [0.25, 0.3) is 5.69 Å². The Hall–Kier alpha value is -2.48. The molecule has 8 heteroatoms. The molecule has 2 N–H and O–H groups in total. The fraction of sp³-hybridized carbons (Fsp3) is 0.429. The van der Waals surface area contributed by atoms with Crippen LogP contribution in [-0.2, 0) is 14.3 Å². The van der Waals surface area contributed by atoms with Crippen LogP contribution in [0.1, 0.15) is 12.8 Å². The smallest absolute Gasteiger partial charge is 0.310 e. The van der Waals surface area contributed by atoms with Crippen LogP contribution in [0.25, 0.3) is 0 Å². The van der Waals surface area contributed by atoms with Crippen molar-refractivity contribution in [3.05, 3.63) is 34.4 Å². The van der Waals surface area contributed by atoms with E-state index in [1.54, 1.807) is 0 Å². The number of carbonyl (C=O) groups excluding carboxylic acids is 1. The number of anilines is 1. The third kappa shape index (κ3) is 2.41. The summed E-state index contributed by atoms with van der Waals surface area (Å²) in [6.07, 6.45) is 0.551. The fourth-order valence-electron chi connectivity index (χ4n) is 3.22. The molecule has 8 nitrogen and oxygen atoms in total. The summed E-state index contributed by atoms with van der Waals surface area (Å²) in [4.78, 5) is 33.7. The van der Waals surface area contributed by atoms with Gasteiger partial charge in [-0.05, 0) is 25.0 Å². The van der Waals surface area contributed by atoms with E-state index in [1.165, 1.54) is 24.3 Å². The molecule has 2 unspecified atom stereocenters. The number of benzene rings is 1. The first-order valence-electron chi connectivity index (χ1n) is 6.91. The normalized spacial score (nSPS) is 29.3. The number of fused-ring (bicyclic) bond motifs is 2. The number of hydrogen-bond donors (Lipinski definition) is 2. The lowest BCUT2D eigenvalue weighted by Gasteiger charge is -2.23. The Bertz CT molecular complexity index is 629. The highest BCUT2D eigenvalue weighted by atomic mass is 16.6. The van der Waals surface area contributed by atoms with Crippen LogP contribution in [0.5, 0.6) is 0 Å². The highest BCUT2D eigenvalue weighted by molar-refractivity contribution is 5.96. The van der Waals surface area contributed by atoms with E-state index >= 15 is 0 Å². The number of ether oxygens (including phenoxy) is 1. The first-order chi connectivity index (χ1) is 10.5. The summed E-state index contributed by atoms with van der Waals surface area (Å²) in [5, 5.41) is 22.5. The van der Waals surface area contributed by atoms with Crippen molar-refractivity contribution in [2.24, 2.45) is 11.8 Å². The van der Waals surface area contributed by atoms with Crippen molar-refractivity contribution in [3.8, 4) is 0 Å². The van der Waals surface area contributed by atoms with Gasteiger partial charge < -0.3 is 15.2 Å². The van der Waals surface area contributed by atoms with Gasteiger partial charge in [-0.25, -0.2) is 0 Å². The molecule has 4 atom stereocenters. The van der Waals surface area contributed by atoms with Gasteiger partial charge in [0.15, 0.2) is 0 Å². The van der Waals surface area contributed by atoms with Crippen molar-refractivity contribution in [2.75, 3.05) is 5.32 Å². The fourth-order valence-corrected chi connectivity index (χ4v) is 3.22. The number of carbonyl (C=O) groups is 2. The topological polar surface area (TPSA) is 119 Å². The maximum absolute atomic E-state index is 12.3. The molecule has 0 aliphatic carbocycles. The van der Waals surface area contributed by atoms with Gasteiger partial charge >= 0.3 is 5.97 Å². The molecule has 0 radical (unpaired) electrons. The molecular weight excluding hydrogens is 292 g/mol. The lowest BCUT2D eigenvalue weighted by atomic mass is 9.78. The minimum atomic E-state index is -1.03. The molecule has 1 aromatic rings. The Labute approximate surface area is 125 Å². The summed E-state index contributed by atoms with van der Waals surface area (Å²) in [6.45, 7) is 0. The largest absolute Gasteiger partial charge is 0.481 e. The third-order valence-corrected chi connectivity index (χ3v) is 4.21. The highest BCUT2D eigenvalue weighted by Gasteiger charge is 2.55. The molecular formula is C14H14N2O6. The molecule has 1 amide bonds. The molecule has 22 heavy (non-hydrogen) atoms. The van der Waals surface area contributed by atoms with E-state index in [2.05, 4.69) is 5.32 Å². The molecule has 3 rings (SSSR count). The first kappa shape index (κ1) is 14.5. The van der Waals surface area contributed by atoms with Crippen molar-refractivity contribution in [3.63, 3.8) is 0 Å². The number of nitrogens with zero attached hydrogens (tertiary/aromatic N) is 1. The average Bonchev–Trinajstić information content (AvgIpc) is 3.08. The van der Waals surface area contributed by atoms with Crippen molar-refractivity contribution < 1.29 is 24.4 Å². The van der Waals surface area contributed by atoms with Gasteiger partial charge in [0, 0.05) is 17.8 Å². The molecule has 2 aliphatic heterocycles. The zero-order valence-electron chi connectivity index (χ0n) is 11.5. The molecule has 116 valence electrons. The zero-order chi connectivity index (χ0) is 15.9. The molecule has 0 saturated carbocycles.